The van der Waals surface area contributed by atoms with Gasteiger partial charge in [0.05, 0.1) is 5.56 Å². The number of rotatable bonds is 3. The molecule has 0 radical (unpaired) electrons. The first-order valence-corrected chi connectivity index (χ1v) is 9.02. The van der Waals surface area contributed by atoms with Gasteiger partial charge in [0.15, 0.2) is 0 Å². The highest BCUT2D eigenvalue weighted by molar-refractivity contribution is 6.09. The van der Waals surface area contributed by atoms with E-state index in [1.54, 1.807) is 11.0 Å². The number of piperidine rings is 1. The second kappa shape index (κ2) is 7.64. The maximum absolute atomic E-state index is 13.0. The number of amides is 3. The van der Waals surface area contributed by atoms with Gasteiger partial charge in [0.25, 0.3) is 5.91 Å². The molecule has 6 heteroatoms. The Hall–Kier alpha value is -2.76. The van der Waals surface area contributed by atoms with Crippen LogP contribution in [0.4, 0.5) is 4.79 Å². The fourth-order valence-electron chi connectivity index (χ4n) is 3.36. The highest BCUT2D eigenvalue weighted by atomic mass is 16.3. The standard InChI is InChI=1S/C20H25N3O3/c1-13(2)21-20(26)22-15-9-11-23(12-10-15)19(25)18-16-6-4-3-5-14(16)7-8-17(18)24/h3-8,13,15,24H,9-12H2,1-2H3,(H2,21,22,26). The summed E-state index contributed by atoms with van der Waals surface area (Å²) in [6.45, 7) is 4.93. The third-order valence-corrected chi connectivity index (χ3v) is 4.66. The number of urea groups is 1. The van der Waals surface area contributed by atoms with Crippen molar-refractivity contribution < 1.29 is 14.7 Å². The number of phenolic OH excluding ortho intramolecular Hbond substituents is 1. The number of hydrogen-bond acceptors (Lipinski definition) is 3. The van der Waals surface area contributed by atoms with Gasteiger partial charge in [0.1, 0.15) is 5.75 Å². The van der Waals surface area contributed by atoms with Crippen LogP contribution in [-0.2, 0) is 0 Å². The third-order valence-electron chi connectivity index (χ3n) is 4.66. The average Bonchev–Trinajstić information content (AvgIpc) is 2.61. The number of nitrogens with one attached hydrogen (secondary N) is 2. The number of fused-ring (bicyclic) bond motifs is 1. The Labute approximate surface area is 153 Å². The van der Waals surface area contributed by atoms with Crippen molar-refractivity contribution in [2.75, 3.05) is 13.1 Å². The van der Waals surface area contributed by atoms with Crippen LogP contribution in [0.25, 0.3) is 10.8 Å². The summed E-state index contributed by atoms with van der Waals surface area (Å²) in [6, 6.07) is 10.9. The van der Waals surface area contributed by atoms with Crippen molar-refractivity contribution in [2.45, 2.75) is 38.8 Å². The molecule has 0 bridgehead atoms. The Morgan fingerprint density at radius 2 is 1.81 bits per heavy atom. The predicted molar refractivity (Wildman–Crippen MR) is 101 cm³/mol. The van der Waals surface area contributed by atoms with Gasteiger partial charge >= 0.3 is 6.03 Å². The lowest BCUT2D eigenvalue weighted by Gasteiger charge is -2.33. The molecular formula is C20H25N3O3. The Morgan fingerprint density at radius 3 is 2.50 bits per heavy atom. The Bertz CT molecular complexity index is 811. The average molecular weight is 355 g/mol. The van der Waals surface area contributed by atoms with E-state index in [1.807, 2.05) is 44.2 Å². The zero-order valence-electron chi connectivity index (χ0n) is 15.2. The fraction of sp³-hybridized carbons (Fsp3) is 0.400. The van der Waals surface area contributed by atoms with Crippen LogP contribution < -0.4 is 10.6 Å². The smallest absolute Gasteiger partial charge is 0.315 e. The van der Waals surface area contributed by atoms with Gasteiger partial charge in [0.2, 0.25) is 0 Å². The number of nitrogens with zero attached hydrogens (tertiary/aromatic N) is 1. The summed E-state index contributed by atoms with van der Waals surface area (Å²) in [6.07, 6.45) is 1.39. The van der Waals surface area contributed by atoms with Crippen molar-refractivity contribution in [1.29, 1.82) is 0 Å². The quantitative estimate of drug-likeness (QED) is 0.792. The van der Waals surface area contributed by atoms with Gasteiger partial charge in [0, 0.05) is 25.2 Å². The molecule has 0 aliphatic carbocycles. The highest BCUT2D eigenvalue weighted by Crippen LogP contribution is 2.29. The lowest BCUT2D eigenvalue weighted by atomic mass is 10.00. The zero-order chi connectivity index (χ0) is 18.7. The Kier molecular flexibility index (Phi) is 5.30. The molecule has 1 heterocycles. The maximum atomic E-state index is 13.0. The van der Waals surface area contributed by atoms with Crippen molar-refractivity contribution >= 4 is 22.7 Å². The molecule has 1 fully saturated rings. The van der Waals surface area contributed by atoms with Crippen LogP contribution in [0.15, 0.2) is 36.4 Å². The fourth-order valence-corrected chi connectivity index (χ4v) is 3.36. The van der Waals surface area contributed by atoms with Gasteiger partial charge in [-0.3, -0.25) is 4.79 Å². The van der Waals surface area contributed by atoms with Crippen LogP contribution in [0.2, 0.25) is 0 Å². The van der Waals surface area contributed by atoms with Gasteiger partial charge in [-0.05, 0) is 43.5 Å². The summed E-state index contributed by atoms with van der Waals surface area (Å²) in [5, 5.41) is 17.7. The van der Waals surface area contributed by atoms with Crippen molar-refractivity contribution in [3.05, 3.63) is 42.0 Å². The van der Waals surface area contributed by atoms with Crippen LogP contribution in [0, 0.1) is 0 Å². The first kappa shape index (κ1) is 18.0. The molecule has 0 saturated carbocycles. The number of benzene rings is 2. The van der Waals surface area contributed by atoms with Crippen molar-refractivity contribution in [3.8, 4) is 5.75 Å². The van der Waals surface area contributed by atoms with E-state index >= 15 is 0 Å². The number of carbonyl (C=O) groups excluding carboxylic acids is 2. The molecule has 0 spiro atoms. The van der Waals surface area contributed by atoms with Crippen LogP contribution in [0.3, 0.4) is 0 Å². The van der Waals surface area contributed by atoms with E-state index in [4.69, 9.17) is 0 Å². The Morgan fingerprint density at radius 1 is 1.12 bits per heavy atom. The van der Waals surface area contributed by atoms with E-state index in [2.05, 4.69) is 10.6 Å². The minimum absolute atomic E-state index is 0.00487. The molecule has 1 aliphatic heterocycles. The molecule has 2 aromatic carbocycles. The van der Waals surface area contributed by atoms with Crippen LogP contribution >= 0.6 is 0 Å². The molecule has 3 amide bonds. The minimum atomic E-state index is -0.170. The normalized spacial score (nSPS) is 15.3. The number of hydrogen-bond donors (Lipinski definition) is 3. The molecular weight excluding hydrogens is 330 g/mol. The molecule has 0 unspecified atom stereocenters. The number of aromatic hydroxyl groups is 1. The van der Waals surface area contributed by atoms with E-state index in [0.29, 0.717) is 31.5 Å². The van der Waals surface area contributed by atoms with E-state index in [9.17, 15) is 14.7 Å². The molecule has 26 heavy (non-hydrogen) atoms. The summed E-state index contributed by atoms with van der Waals surface area (Å²) >= 11 is 0. The van der Waals surface area contributed by atoms with Gasteiger partial charge in [-0.1, -0.05) is 30.3 Å². The van der Waals surface area contributed by atoms with Crippen LogP contribution in [0.1, 0.15) is 37.0 Å². The van der Waals surface area contributed by atoms with E-state index < -0.39 is 0 Å². The van der Waals surface area contributed by atoms with Gasteiger partial charge < -0.3 is 20.6 Å². The number of phenols is 1. The van der Waals surface area contributed by atoms with Crippen molar-refractivity contribution in [2.24, 2.45) is 0 Å². The molecule has 1 saturated heterocycles. The number of carbonyl (C=O) groups is 2. The van der Waals surface area contributed by atoms with Crippen molar-refractivity contribution in [3.63, 3.8) is 0 Å². The number of likely N-dealkylation sites (tertiary alicyclic amines) is 1. The summed E-state index contributed by atoms with van der Waals surface area (Å²) in [7, 11) is 0. The topological polar surface area (TPSA) is 81.7 Å². The highest BCUT2D eigenvalue weighted by Gasteiger charge is 2.27. The lowest BCUT2D eigenvalue weighted by molar-refractivity contribution is 0.0707. The summed E-state index contributed by atoms with van der Waals surface area (Å²) in [4.78, 5) is 26.5. The van der Waals surface area contributed by atoms with Gasteiger partial charge in [-0.15, -0.1) is 0 Å². The van der Waals surface area contributed by atoms with Crippen LogP contribution in [0.5, 0.6) is 5.75 Å². The second-order valence-electron chi connectivity index (χ2n) is 7.02. The monoisotopic (exact) mass is 355 g/mol. The lowest BCUT2D eigenvalue weighted by Crippen LogP contribution is -2.50. The van der Waals surface area contributed by atoms with Gasteiger partial charge in [-0.2, -0.15) is 0 Å². The molecule has 1 aliphatic rings. The first-order chi connectivity index (χ1) is 12.5. The van der Waals surface area contributed by atoms with E-state index in [-0.39, 0.29) is 29.8 Å². The SMILES string of the molecule is CC(C)NC(=O)NC1CCN(C(=O)c2c(O)ccc3ccccc23)CC1. The molecule has 3 N–H and O–H groups in total. The largest absolute Gasteiger partial charge is 0.507 e. The molecule has 3 rings (SSSR count). The maximum Gasteiger partial charge on any atom is 0.315 e. The summed E-state index contributed by atoms with van der Waals surface area (Å²) in [5.41, 5.74) is 0.354. The first-order valence-electron chi connectivity index (χ1n) is 9.02. The second-order valence-corrected chi connectivity index (χ2v) is 7.02. The third kappa shape index (κ3) is 3.90. The Balaban J connectivity index is 1.68. The summed E-state index contributed by atoms with van der Waals surface area (Å²) < 4.78 is 0. The van der Waals surface area contributed by atoms with Crippen molar-refractivity contribution in [1.82, 2.24) is 15.5 Å². The predicted octanol–water partition coefficient (Wildman–Crippen LogP) is 2.86. The summed E-state index contributed by atoms with van der Waals surface area (Å²) in [5.74, 6) is -0.158. The van der Waals surface area contributed by atoms with E-state index in [1.165, 1.54) is 0 Å². The minimum Gasteiger partial charge on any atom is -0.507 e. The molecule has 0 aromatic heterocycles. The van der Waals surface area contributed by atoms with E-state index in [0.717, 1.165) is 10.8 Å². The van der Waals surface area contributed by atoms with Gasteiger partial charge in [-0.25, -0.2) is 4.79 Å². The van der Waals surface area contributed by atoms with Crippen LogP contribution in [-0.4, -0.2) is 47.1 Å². The zero-order valence-corrected chi connectivity index (χ0v) is 15.2. The molecule has 6 nitrogen and oxygen atoms in total. The molecule has 0 atom stereocenters. The molecule has 2 aromatic rings. The molecule has 138 valence electrons.